The van der Waals surface area contributed by atoms with Crippen molar-refractivity contribution in [3.05, 3.63) is 34.9 Å². The van der Waals surface area contributed by atoms with E-state index in [1.54, 1.807) is 12.1 Å². The number of benzene rings is 1. The molecule has 1 aliphatic rings. The Morgan fingerprint density at radius 2 is 1.96 bits per heavy atom. The maximum absolute atomic E-state index is 12.3. The van der Waals surface area contributed by atoms with Crippen molar-refractivity contribution in [1.29, 1.82) is 0 Å². The molecule has 4 N–H and O–H groups in total. The predicted molar refractivity (Wildman–Crippen MR) is 98.9 cm³/mol. The van der Waals surface area contributed by atoms with Gasteiger partial charge in [0, 0.05) is 49.3 Å². The van der Waals surface area contributed by atoms with Crippen molar-refractivity contribution in [3.63, 3.8) is 0 Å². The fourth-order valence-corrected chi connectivity index (χ4v) is 3.29. The molecular formula is C19H26ClN3O4. The lowest BCUT2D eigenvalue weighted by Gasteiger charge is -2.19. The van der Waals surface area contributed by atoms with Crippen LogP contribution in [0.15, 0.2) is 24.3 Å². The van der Waals surface area contributed by atoms with Gasteiger partial charge in [-0.1, -0.05) is 23.7 Å². The van der Waals surface area contributed by atoms with Crippen LogP contribution in [-0.2, 0) is 14.4 Å². The molecule has 0 aliphatic carbocycles. The van der Waals surface area contributed by atoms with Crippen LogP contribution in [0, 0.1) is 0 Å². The monoisotopic (exact) mass is 395 g/mol. The summed E-state index contributed by atoms with van der Waals surface area (Å²) in [4.78, 5) is 34.9. The van der Waals surface area contributed by atoms with Crippen LogP contribution in [0.25, 0.3) is 0 Å². The molecule has 1 aromatic carbocycles. The average Bonchev–Trinajstić information content (AvgIpc) is 3.17. The molecule has 0 radical (unpaired) electrons. The third-order valence-electron chi connectivity index (χ3n) is 4.68. The molecule has 0 bridgehead atoms. The van der Waals surface area contributed by atoms with Crippen molar-refractivity contribution < 1.29 is 24.8 Å². The number of nitrogens with two attached hydrogens (primary N) is 1. The fraction of sp³-hybridized carbons (Fsp3) is 0.526. The summed E-state index contributed by atoms with van der Waals surface area (Å²) in [5.74, 6) is -1.50. The highest BCUT2D eigenvalue weighted by Crippen LogP contribution is 2.21. The first kappa shape index (κ1) is 21.2. The van der Waals surface area contributed by atoms with Crippen LogP contribution in [0.1, 0.15) is 43.6 Å². The van der Waals surface area contributed by atoms with Gasteiger partial charge in [-0.15, -0.1) is 0 Å². The summed E-state index contributed by atoms with van der Waals surface area (Å²) < 4.78 is 0. The normalized spacial score (nSPS) is 17.3. The number of quaternary nitrogens is 1. The number of hydrogen-bond acceptors (Lipinski definition) is 4. The van der Waals surface area contributed by atoms with E-state index in [0.29, 0.717) is 18.0 Å². The number of aliphatic carboxylic acids is 1. The lowest BCUT2D eigenvalue weighted by atomic mass is 9.95. The number of hydrogen-bond donors (Lipinski definition) is 3. The van der Waals surface area contributed by atoms with Crippen LogP contribution in [-0.4, -0.2) is 43.5 Å². The zero-order chi connectivity index (χ0) is 19.6. The van der Waals surface area contributed by atoms with Crippen molar-refractivity contribution in [2.75, 3.05) is 19.6 Å². The second-order valence-corrected chi connectivity index (χ2v) is 7.23. The summed E-state index contributed by atoms with van der Waals surface area (Å²) in [5.41, 5.74) is 0.917. The number of carbonyl (C=O) groups is 3. The van der Waals surface area contributed by atoms with Crippen molar-refractivity contribution >= 4 is 29.4 Å². The van der Waals surface area contributed by atoms with E-state index < -0.39 is 5.97 Å². The molecule has 2 amide bonds. The Morgan fingerprint density at radius 1 is 1.22 bits per heavy atom. The minimum Gasteiger partial charge on any atom is -0.550 e. The van der Waals surface area contributed by atoms with Gasteiger partial charge in [-0.05, 0) is 30.5 Å². The Labute approximate surface area is 163 Å². The van der Waals surface area contributed by atoms with Crippen LogP contribution in [0.2, 0.25) is 5.02 Å². The van der Waals surface area contributed by atoms with E-state index in [9.17, 15) is 19.5 Å². The van der Waals surface area contributed by atoms with Gasteiger partial charge in [-0.2, -0.15) is 0 Å². The van der Waals surface area contributed by atoms with E-state index in [-0.39, 0.29) is 43.2 Å². The molecular weight excluding hydrogens is 370 g/mol. The lowest BCUT2D eigenvalue weighted by Crippen LogP contribution is -2.89. The first-order valence-corrected chi connectivity index (χ1v) is 9.66. The number of rotatable bonds is 10. The second kappa shape index (κ2) is 10.9. The number of amides is 2. The molecule has 0 unspecified atom stereocenters. The van der Waals surface area contributed by atoms with Gasteiger partial charge in [0.05, 0.1) is 6.54 Å². The molecule has 1 heterocycles. The first-order chi connectivity index (χ1) is 13.0. The quantitative estimate of drug-likeness (QED) is 0.454. The molecule has 0 saturated carbocycles. The molecule has 1 aromatic rings. The van der Waals surface area contributed by atoms with E-state index in [4.69, 9.17) is 11.6 Å². The van der Waals surface area contributed by atoms with E-state index in [0.717, 1.165) is 24.9 Å². The summed E-state index contributed by atoms with van der Waals surface area (Å²) in [6.07, 6.45) is 2.34. The molecule has 2 atom stereocenters. The van der Waals surface area contributed by atoms with Gasteiger partial charge in [0.15, 0.2) is 6.04 Å². The molecule has 8 heteroatoms. The van der Waals surface area contributed by atoms with Crippen LogP contribution in [0.4, 0.5) is 0 Å². The van der Waals surface area contributed by atoms with Crippen molar-refractivity contribution in [2.24, 2.45) is 0 Å². The second-order valence-electron chi connectivity index (χ2n) is 6.80. The Kier molecular flexibility index (Phi) is 8.54. The zero-order valence-corrected chi connectivity index (χ0v) is 16.0. The van der Waals surface area contributed by atoms with Gasteiger partial charge in [-0.3, -0.25) is 9.59 Å². The summed E-state index contributed by atoms with van der Waals surface area (Å²) in [6, 6.07) is 7.17. The summed E-state index contributed by atoms with van der Waals surface area (Å²) in [7, 11) is 0. The van der Waals surface area contributed by atoms with Gasteiger partial charge in [-0.25, -0.2) is 0 Å². The van der Waals surface area contributed by atoms with E-state index in [1.807, 2.05) is 17.4 Å². The van der Waals surface area contributed by atoms with Crippen LogP contribution in [0.5, 0.6) is 0 Å². The molecule has 0 spiro atoms. The summed E-state index contributed by atoms with van der Waals surface area (Å²) in [5, 5.41) is 18.7. The highest BCUT2D eigenvalue weighted by Gasteiger charge is 2.27. The van der Waals surface area contributed by atoms with Crippen molar-refractivity contribution in [1.82, 2.24) is 10.6 Å². The van der Waals surface area contributed by atoms with Gasteiger partial charge in [0.25, 0.3) is 5.91 Å². The number of carboxylic acids is 1. The third-order valence-corrected chi connectivity index (χ3v) is 4.93. The highest BCUT2D eigenvalue weighted by atomic mass is 35.5. The van der Waals surface area contributed by atoms with E-state index >= 15 is 0 Å². The largest absolute Gasteiger partial charge is 0.550 e. The highest BCUT2D eigenvalue weighted by molar-refractivity contribution is 6.30. The van der Waals surface area contributed by atoms with Crippen molar-refractivity contribution in [3.8, 4) is 0 Å². The molecule has 27 heavy (non-hydrogen) atoms. The lowest BCUT2D eigenvalue weighted by molar-refractivity contribution is -0.657. The van der Waals surface area contributed by atoms with Gasteiger partial charge >= 0.3 is 0 Å². The fourth-order valence-electron chi connectivity index (χ4n) is 3.17. The Balaban J connectivity index is 1.90. The Hall–Kier alpha value is -2.12. The van der Waals surface area contributed by atoms with Crippen LogP contribution >= 0.6 is 11.6 Å². The van der Waals surface area contributed by atoms with Crippen LogP contribution < -0.4 is 21.1 Å². The molecule has 0 aromatic heterocycles. The SMILES string of the molecule is O=C([O-])CCCNC(=O)C[C@H](CNC(=O)[C@@H]1CCC[NH2+]1)c1ccc(Cl)cc1. The smallest absolute Gasteiger partial charge is 0.278 e. The average molecular weight is 396 g/mol. The molecule has 1 saturated heterocycles. The topological polar surface area (TPSA) is 115 Å². The number of carbonyl (C=O) groups excluding carboxylic acids is 3. The molecule has 1 aliphatic heterocycles. The predicted octanol–water partition coefficient (Wildman–Crippen LogP) is -0.698. The summed E-state index contributed by atoms with van der Waals surface area (Å²) in [6.45, 7) is 1.60. The van der Waals surface area contributed by atoms with Gasteiger partial charge in [0.2, 0.25) is 5.91 Å². The third kappa shape index (κ3) is 7.56. The summed E-state index contributed by atoms with van der Waals surface area (Å²) >= 11 is 5.94. The van der Waals surface area contributed by atoms with Crippen LogP contribution in [0.3, 0.4) is 0 Å². The maximum atomic E-state index is 12.3. The first-order valence-electron chi connectivity index (χ1n) is 9.28. The van der Waals surface area contributed by atoms with Crippen molar-refractivity contribution in [2.45, 2.75) is 44.1 Å². The van der Waals surface area contributed by atoms with Gasteiger partial charge < -0.3 is 25.9 Å². The zero-order valence-electron chi connectivity index (χ0n) is 15.2. The van der Waals surface area contributed by atoms with E-state index in [1.165, 1.54) is 0 Å². The Bertz CT molecular complexity index is 645. The maximum Gasteiger partial charge on any atom is 0.278 e. The Morgan fingerprint density at radius 3 is 2.59 bits per heavy atom. The molecule has 2 rings (SSSR count). The minimum atomic E-state index is -1.13. The number of carboxylic acid groups (broad SMARTS) is 1. The molecule has 148 valence electrons. The number of halogens is 1. The molecule has 7 nitrogen and oxygen atoms in total. The standard InChI is InChI=1S/C19H26ClN3O4/c20-15-7-5-13(6-8-15)14(11-17(24)22-10-2-4-18(25)26)12-23-19(27)16-3-1-9-21-16/h5-8,14,16,21H,1-4,9-12H2,(H,22,24)(H,23,27)(H,25,26)/t14-,16+/m1/s1. The molecule has 1 fully saturated rings. The minimum absolute atomic E-state index is 0.000768. The van der Waals surface area contributed by atoms with E-state index in [2.05, 4.69) is 10.6 Å². The number of nitrogens with one attached hydrogen (secondary N) is 2. The van der Waals surface area contributed by atoms with Gasteiger partial charge in [0.1, 0.15) is 0 Å².